The fraction of sp³-hybridized carbons (Fsp3) is 0.419. The number of aryl methyl sites for hydroxylation is 4. The number of benzene rings is 3. The summed E-state index contributed by atoms with van der Waals surface area (Å²) in [6.45, 7) is 2.11. The SMILES string of the molecule is Cc1ccc(CCC2CCC(CCc3cc(F)c(CCc4cc(F)c(Cl)c(F)c4)c(F)c3)CC2)cc1. The summed E-state index contributed by atoms with van der Waals surface area (Å²) in [5.41, 5.74) is 3.62. The molecule has 1 saturated carbocycles. The lowest BCUT2D eigenvalue weighted by molar-refractivity contribution is 0.253. The third kappa shape index (κ3) is 7.12. The molecule has 1 fully saturated rings. The van der Waals surface area contributed by atoms with Crippen molar-refractivity contribution in [3.8, 4) is 0 Å². The van der Waals surface area contributed by atoms with Gasteiger partial charge in [0.05, 0.1) is 0 Å². The molecule has 0 bridgehead atoms. The van der Waals surface area contributed by atoms with Gasteiger partial charge in [0.15, 0.2) is 0 Å². The first-order valence-corrected chi connectivity index (χ1v) is 13.3. The molecule has 5 heteroatoms. The Morgan fingerprint density at radius 3 is 1.58 bits per heavy atom. The van der Waals surface area contributed by atoms with E-state index in [0.29, 0.717) is 23.5 Å². The Morgan fingerprint density at radius 2 is 1.06 bits per heavy atom. The van der Waals surface area contributed by atoms with Gasteiger partial charge in [-0.15, -0.1) is 0 Å². The third-order valence-electron chi connectivity index (χ3n) is 7.68. The van der Waals surface area contributed by atoms with Crippen molar-refractivity contribution in [1.29, 1.82) is 0 Å². The standard InChI is InChI=1S/C31H33ClF4/c1-20-2-4-21(5-3-20)6-7-22-8-10-23(11-9-22)12-13-24-16-27(33)26(28(34)17-24)15-14-25-18-29(35)31(32)30(36)19-25/h2-5,16-19,22-23H,6-15H2,1H3. The van der Waals surface area contributed by atoms with Crippen LogP contribution in [0, 0.1) is 42.0 Å². The molecule has 0 nitrogen and oxygen atoms in total. The van der Waals surface area contributed by atoms with Crippen LogP contribution in [0.3, 0.4) is 0 Å². The van der Waals surface area contributed by atoms with Crippen molar-refractivity contribution in [2.24, 2.45) is 11.8 Å². The van der Waals surface area contributed by atoms with Crippen LogP contribution >= 0.6 is 11.6 Å². The molecule has 0 saturated heterocycles. The molecule has 1 aliphatic rings. The van der Waals surface area contributed by atoms with Gasteiger partial charge in [-0.3, -0.25) is 0 Å². The molecule has 3 aromatic carbocycles. The van der Waals surface area contributed by atoms with Crippen LogP contribution in [0.1, 0.15) is 66.3 Å². The minimum absolute atomic E-state index is 0.0189. The van der Waals surface area contributed by atoms with E-state index in [9.17, 15) is 17.6 Å². The molecule has 4 rings (SSSR count). The van der Waals surface area contributed by atoms with Gasteiger partial charge in [-0.2, -0.15) is 0 Å². The lowest BCUT2D eigenvalue weighted by atomic mass is 9.77. The van der Waals surface area contributed by atoms with Gasteiger partial charge in [0.25, 0.3) is 0 Å². The zero-order valence-corrected chi connectivity index (χ0v) is 21.5. The van der Waals surface area contributed by atoms with Crippen LogP contribution in [-0.2, 0) is 25.7 Å². The number of hydrogen-bond acceptors (Lipinski definition) is 0. The van der Waals surface area contributed by atoms with E-state index < -0.39 is 28.3 Å². The first kappa shape index (κ1) is 26.7. The maximum atomic E-state index is 14.7. The molecular weight excluding hydrogens is 484 g/mol. The molecule has 0 aromatic heterocycles. The Balaban J connectivity index is 1.24. The van der Waals surface area contributed by atoms with Crippen molar-refractivity contribution in [2.75, 3.05) is 0 Å². The second-order valence-corrected chi connectivity index (χ2v) is 10.7. The highest BCUT2D eigenvalue weighted by molar-refractivity contribution is 6.30. The van der Waals surface area contributed by atoms with Crippen molar-refractivity contribution in [2.45, 2.75) is 71.1 Å². The zero-order valence-electron chi connectivity index (χ0n) is 20.7. The second kappa shape index (κ2) is 12.3. The van der Waals surface area contributed by atoms with E-state index in [1.165, 1.54) is 55.4 Å². The van der Waals surface area contributed by atoms with Gasteiger partial charge in [0, 0.05) is 5.56 Å². The normalized spacial score (nSPS) is 17.9. The third-order valence-corrected chi connectivity index (χ3v) is 8.04. The summed E-state index contributed by atoms with van der Waals surface area (Å²) < 4.78 is 56.7. The quantitative estimate of drug-likeness (QED) is 0.196. The van der Waals surface area contributed by atoms with E-state index in [-0.39, 0.29) is 18.4 Å². The summed E-state index contributed by atoms with van der Waals surface area (Å²) in [6.07, 6.45) is 8.88. The molecule has 0 atom stereocenters. The summed E-state index contributed by atoms with van der Waals surface area (Å²) >= 11 is 5.50. The molecule has 0 aliphatic heterocycles. The summed E-state index contributed by atoms with van der Waals surface area (Å²) in [5, 5.41) is -0.573. The number of rotatable bonds is 9. The Labute approximate surface area is 216 Å². The van der Waals surface area contributed by atoms with Crippen LogP contribution in [0.4, 0.5) is 17.6 Å². The number of hydrogen-bond donors (Lipinski definition) is 0. The molecule has 36 heavy (non-hydrogen) atoms. The molecule has 0 amide bonds. The molecule has 3 aromatic rings. The maximum absolute atomic E-state index is 14.7. The summed E-state index contributed by atoms with van der Waals surface area (Å²) in [6, 6.07) is 13.8. The Hall–Kier alpha value is -2.33. The van der Waals surface area contributed by atoms with Crippen molar-refractivity contribution in [1.82, 2.24) is 0 Å². The Kier molecular flexibility index (Phi) is 9.11. The van der Waals surface area contributed by atoms with Gasteiger partial charge in [0.1, 0.15) is 28.3 Å². The molecule has 0 spiro atoms. The van der Waals surface area contributed by atoms with E-state index in [4.69, 9.17) is 11.6 Å². The Morgan fingerprint density at radius 1 is 0.611 bits per heavy atom. The predicted octanol–water partition coefficient (Wildman–Crippen LogP) is 9.36. The van der Waals surface area contributed by atoms with E-state index in [2.05, 4.69) is 31.2 Å². The maximum Gasteiger partial charge on any atom is 0.145 e. The largest absolute Gasteiger partial charge is 0.207 e. The summed E-state index contributed by atoms with van der Waals surface area (Å²) in [7, 11) is 0. The summed E-state index contributed by atoms with van der Waals surface area (Å²) in [4.78, 5) is 0. The van der Waals surface area contributed by atoms with Gasteiger partial charge in [-0.05, 0) is 98.2 Å². The highest BCUT2D eigenvalue weighted by atomic mass is 35.5. The van der Waals surface area contributed by atoms with E-state index in [0.717, 1.165) is 30.9 Å². The Bertz CT molecular complexity index is 1120. The molecular formula is C31H33ClF4. The van der Waals surface area contributed by atoms with Crippen LogP contribution in [-0.4, -0.2) is 0 Å². The highest BCUT2D eigenvalue weighted by Gasteiger charge is 2.21. The smallest absolute Gasteiger partial charge is 0.145 e. The van der Waals surface area contributed by atoms with Crippen LogP contribution in [0.25, 0.3) is 0 Å². The van der Waals surface area contributed by atoms with E-state index >= 15 is 0 Å². The predicted molar refractivity (Wildman–Crippen MR) is 138 cm³/mol. The van der Waals surface area contributed by atoms with Crippen molar-refractivity contribution >= 4 is 11.6 Å². The van der Waals surface area contributed by atoms with Gasteiger partial charge in [-0.1, -0.05) is 67.1 Å². The monoisotopic (exact) mass is 516 g/mol. The molecule has 1 aliphatic carbocycles. The topological polar surface area (TPSA) is 0 Å². The summed E-state index contributed by atoms with van der Waals surface area (Å²) in [5.74, 6) is -1.58. The second-order valence-electron chi connectivity index (χ2n) is 10.4. The highest BCUT2D eigenvalue weighted by Crippen LogP contribution is 2.34. The van der Waals surface area contributed by atoms with Gasteiger partial charge < -0.3 is 0 Å². The minimum Gasteiger partial charge on any atom is -0.207 e. The zero-order chi connectivity index (χ0) is 25.7. The van der Waals surface area contributed by atoms with E-state index in [1.54, 1.807) is 0 Å². The average Bonchev–Trinajstić information content (AvgIpc) is 2.86. The van der Waals surface area contributed by atoms with Crippen molar-refractivity contribution < 1.29 is 17.6 Å². The number of halogens is 5. The fourth-order valence-electron chi connectivity index (χ4n) is 5.37. The van der Waals surface area contributed by atoms with E-state index in [1.807, 2.05) is 0 Å². The molecule has 0 N–H and O–H groups in total. The van der Waals surface area contributed by atoms with Crippen LogP contribution in [0.15, 0.2) is 48.5 Å². The lowest BCUT2D eigenvalue weighted by Crippen LogP contribution is -2.16. The van der Waals surface area contributed by atoms with Crippen LogP contribution in [0.2, 0.25) is 5.02 Å². The molecule has 0 unspecified atom stereocenters. The van der Waals surface area contributed by atoms with Crippen LogP contribution < -0.4 is 0 Å². The fourth-order valence-corrected chi connectivity index (χ4v) is 5.47. The van der Waals surface area contributed by atoms with Crippen molar-refractivity contribution in [3.05, 3.63) is 105 Å². The van der Waals surface area contributed by atoms with Gasteiger partial charge in [-0.25, -0.2) is 17.6 Å². The lowest BCUT2D eigenvalue weighted by Gasteiger charge is -2.28. The minimum atomic E-state index is -0.872. The van der Waals surface area contributed by atoms with Crippen molar-refractivity contribution in [3.63, 3.8) is 0 Å². The molecule has 192 valence electrons. The average molecular weight is 517 g/mol. The molecule has 0 radical (unpaired) electrons. The van der Waals surface area contributed by atoms with Crippen LogP contribution in [0.5, 0.6) is 0 Å². The van der Waals surface area contributed by atoms with Gasteiger partial charge >= 0.3 is 0 Å². The molecule has 0 heterocycles. The first-order valence-electron chi connectivity index (χ1n) is 12.9. The first-order chi connectivity index (χ1) is 17.3. The van der Waals surface area contributed by atoms with Gasteiger partial charge in [0.2, 0.25) is 0 Å².